The molecule has 0 unspecified atom stereocenters. The molecule has 0 saturated carbocycles. The van der Waals surface area contributed by atoms with Crippen LogP contribution in [0.1, 0.15) is 12.5 Å². The molecule has 3 rings (SSSR count). The smallest absolute Gasteiger partial charge is 0.222 e. The van der Waals surface area contributed by atoms with Crippen molar-refractivity contribution in [3.8, 4) is 0 Å². The van der Waals surface area contributed by atoms with Gasteiger partial charge in [0.2, 0.25) is 5.95 Å². The Kier molecular flexibility index (Phi) is 3.39. The number of aromatic amines is 1. The summed E-state index contributed by atoms with van der Waals surface area (Å²) in [6, 6.07) is 15.4. The average Bonchev–Trinajstić information content (AvgIpc) is 2.88. The number of para-hydroxylation sites is 2. The maximum absolute atomic E-state index is 6.13. The Morgan fingerprint density at radius 2 is 1.90 bits per heavy atom. The van der Waals surface area contributed by atoms with Crippen molar-refractivity contribution in [2.45, 2.75) is 6.92 Å². The number of fused-ring (bicyclic) bond motifs is 1. The van der Waals surface area contributed by atoms with Crippen molar-refractivity contribution in [2.75, 3.05) is 5.43 Å². The van der Waals surface area contributed by atoms with Crippen molar-refractivity contribution in [1.29, 1.82) is 0 Å². The molecule has 100 valence electrons. The number of nitrogens with one attached hydrogen (secondary N) is 2. The molecule has 0 aliphatic heterocycles. The van der Waals surface area contributed by atoms with Crippen LogP contribution in [0.4, 0.5) is 5.95 Å². The molecule has 20 heavy (non-hydrogen) atoms. The highest BCUT2D eigenvalue weighted by Gasteiger charge is 2.04. The third kappa shape index (κ3) is 2.51. The van der Waals surface area contributed by atoms with Gasteiger partial charge in [-0.05, 0) is 25.1 Å². The zero-order valence-electron chi connectivity index (χ0n) is 10.9. The number of H-pyrrole nitrogens is 1. The minimum atomic E-state index is 0.609. The summed E-state index contributed by atoms with van der Waals surface area (Å²) in [7, 11) is 0. The van der Waals surface area contributed by atoms with Crippen LogP contribution in [0.2, 0.25) is 5.02 Å². The lowest BCUT2D eigenvalue weighted by Crippen LogP contribution is -2.01. The number of anilines is 1. The van der Waals surface area contributed by atoms with Crippen LogP contribution in [0.25, 0.3) is 11.0 Å². The second kappa shape index (κ2) is 5.35. The lowest BCUT2D eigenvalue weighted by Gasteiger charge is -2.03. The van der Waals surface area contributed by atoms with Gasteiger partial charge in [0.1, 0.15) is 0 Å². The molecule has 2 aromatic carbocycles. The molecular weight excluding hydrogens is 272 g/mol. The Bertz CT molecular complexity index is 743. The largest absolute Gasteiger partial charge is 0.323 e. The maximum atomic E-state index is 6.13. The predicted molar refractivity (Wildman–Crippen MR) is 83.4 cm³/mol. The predicted octanol–water partition coefficient (Wildman–Crippen LogP) is 4.05. The van der Waals surface area contributed by atoms with E-state index in [2.05, 4.69) is 20.5 Å². The molecule has 2 N–H and O–H groups in total. The van der Waals surface area contributed by atoms with E-state index in [4.69, 9.17) is 11.6 Å². The van der Waals surface area contributed by atoms with Crippen LogP contribution in [-0.4, -0.2) is 15.7 Å². The van der Waals surface area contributed by atoms with Gasteiger partial charge in [-0.1, -0.05) is 41.9 Å². The van der Waals surface area contributed by atoms with Gasteiger partial charge in [0.05, 0.1) is 16.7 Å². The number of hydrazone groups is 1. The lowest BCUT2D eigenvalue weighted by molar-refractivity contribution is 1.20. The van der Waals surface area contributed by atoms with Crippen molar-refractivity contribution in [1.82, 2.24) is 9.97 Å². The third-order valence-corrected chi connectivity index (χ3v) is 3.31. The first kappa shape index (κ1) is 12.7. The van der Waals surface area contributed by atoms with E-state index in [1.807, 2.05) is 55.5 Å². The van der Waals surface area contributed by atoms with Gasteiger partial charge in [-0.2, -0.15) is 5.10 Å². The summed E-state index contributed by atoms with van der Waals surface area (Å²) in [6.45, 7) is 1.90. The Labute approximate surface area is 121 Å². The molecule has 0 saturated heterocycles. The quantitative estimate of drug-likeness (QED) is 0.563. The summed E-state index contributed by atoms with van der Waals surface area (Å²) >= 11 is 6.13. The van der Waals surface area contributed by atoms with E-state index in [-0.39, 0.29) is 0 Å². The monoisotopic (exact) mass is 284 g/mol. The first-order valence-electron chi connectivity index (χ1n) is 6.24. The molecule has 0 fully saturated rings. The number of halogens is 1. The third-order valence-electron chi connectivity index (χ3n) is 2.98. The fourth-order valence-corrected chi connectivity index (χ4v) is 2.23. The zero-order chi connectivity index (χ0) is 13.9. The number of aromatic nitrogens is 2. The van der Waals surface area contributed by atoms with Gasteiger partial charge in [-0.25, -0.2) is 10.4 Å². The lowest BCUT2D eigenvalue weighted by atomic mass is 10.1. The van der Waals surface area contributed by atoms with Crippen LogP contribution >= 0.6 is 11.6 Å². The molecule has 0 aliphatic rings. The molecule has 0 atom stereocenters. The molecule has 0 bridgehead atoms. The van der Waals surface area contributed by atoms with E-state index in [1.54, 1.807) is 0 Å². The normalized spacial score (nSPS) is 11.8. The van der Waals surface area contributed by atoms with Gasteiger partial charge in [0.15, 0.2) is 0 Å². The van der Waals surface area contributed by atoms with Crippen molar-refractivity contribution in [3.05, 3.63) is 59.1 Å². The summed E-state index contributed by atoms with van der Waals surface area (Å²) in [5.41, 5.74) is 6.50. The number of nitrogens with zero attached hydrogens (tertiary/aromatic N) is 2. The van der Waals surface area contributed by atoms with E-state index in [9.17, 15) is 0 Å². The van der Waals surface area contributed by atoms with E-state index in [0.29, 0.717) is 11.0 Å². The van der Waals surface area contributed by atoms with Crippen LogP contribution in [-0.2, 0) is 0 Å². The van der Waals surface area contributed by atoms with Gasteiger partial charge in [-0.3, -0.25) is 0 Å². The fraction of sp³-hybridized carbons (Fsp3) is 0.0667. The second-order valence-electron chi connectivity index (χ2n) is 4.39. The Morgan fingerprint density at radius 3 is 2.70 bits per heavy atom. The summed E-state index contributed by atoms with van der Waals surface area (Å²) in [4.78, 5) is 7.55. The summed E-state index contributed by atoms with van der Waals surface area (Å²) in [5, 5.41) is 4.99. The van der Waals surface area contributed by atoms with E-state index < -0.39 is 0 Å². The first-order valence-corrected chi connectivity index (χ1v) is 6.62. The van der Waals surface area contributed by atoms with Crippen LogP contribution in [0, 0.1) is 0 Å². The molecule has 4 nitrogen and oxygen atoms in total. The van der Waals surface area contributed by atoms with Gasteiger partial charge in [-0.15, -0.1) is 0 Å². The maximum Gasteiger partial charge on any atom is 0.222 e. The first-order chi connectivity index (χ1) is 9.74. The van der Waals surface area contributed by atoms with Gasteiger partial charge >= 0.3 is 0 Å². The van der Waals surface area contributed by atoms with Crippen LogP contribution in [0.5, 0.6) is 0 Å². The molecule has 0 spiro atoms. The topological polar surface area (TPSA) is 53.1 Å². The molecule has 0 aliphatic carbocycles. The van der Waals surface area contributed by atoms with E-state index >= 15 is 0 Å². The van der Waals surface area contributed by atoms with Crippen molar-refractivity contribution in [3.63, 3.8) is 0 Å². The SMILES string of the molecule is CC(=NNc1nc2ccccc2[nH]1)c1ccccc1Cl. The highest BCUT2D eigenvalue weighted by Crippen LogP contribution is 2.17. The summed E-state index contributed by atoms with van der Waals surface area (Å²) in [5.74, 6) is 0.609. The second-order valence-corrected chi connectivity index (χ2v) is 4.80. The molecule has 1 aromatic heterocycles. The number of hydrogen-bond donors (Lipinski definition) is 2. The van der Waals surface area contributed by atoms with Crippen LogP contribution in [0.15, 0.2) is 53.6 Å². The van der Waals surface area contributed by atoms with Crippen molar-refractivity contribution in [2.24, 2.45) is 5.10 Å². The minimum Gasteiger partial charge on any atom is -0.323 e. The van der Waals surface area contributed by atoms with Crippen molar-refractivity contribution < 1.29 is 0 Å². The van der Waals surface area contributed by atoms with Crippen LogP contribution in [0.3, 0.4) is 0 Å². The molecular formula is C15H13ClN4. The minimum absolute atomic E-state index is 0.609. The van der Waals surface area contributed by atoms with E-state index in [1.165, 1.54) is 0 Å². The van der Waals surface area contributed by atoms with Crippen molar-refractivity contribution >= 4 is 34.3 Å². The van der Waals surface area contributed by atoms with E-state index in [0.717, 1.165) is 22.3 Å². The highest BCUT2D eigenvalue weighted by molar-refractivity contribution is 6.34. The fourth-order valence-electron chi connectivity index (χ4n) is 1.96. The molecule has 1 heterocycles. The summed E-state index contributed by atoms with van der Waals surface area (Å²) in [6.07, 6.45) is 0. The Balaban J connectivity index is 1.84. The summed E-state index contributed by atoms with van der Waals surface area (Å²) < 4.78 is 0. The number of hydrogen-bond acceptors (Lipinski definition) is 3. The van der Waals surface area contributed by atoms with Gasteiger partial charge < -0.3 is 4.98 Å². The van der Waals surface area contributed by atoms with Gasteiger partial charge in [0.25, 0.3) is 0 Å². The van der Waals surface area contributed by atoms with Crippen LogP contribution < -0.4 is 5.43 Å². The highest BCUT2D eigenvalue weighted by atomic mass is 35.5. The number of imidazole rings is 1. The molecule has 0 radical (unpaired) electrons. The standard InChI is InChI=1S/C15H13ClN4/c1-10(11-6-2-3-7-12(11)16)19-20-15-17-13-8-4-5-9-14(13)18-15/h2-9H,1H3,(H2,17,18,20). The Morgan fingerprint density at radius 1 is 1.15 bits per heavy atom. The molecule has 5 heteroatoms. The number of benzene rings is 2. The van der Waals surface area contributed by atoms with Gasteiger partial charge in [0, 0.05) is 10.6 Å². The average molecular weight is 285 g/mol. The Hall–Kier alpha value is -2.33. The zero-order valence-corrected chi connectivity index (χ0v) is 11.6. The molecule has 0 amide bonds. The molecule has 3 aromatic rings. The number of rotatable bonds is 3.